The summed E-state index contributed by atoms with van der Waals surface area (Å²) < 4.78 is 0. The minimum Gasteiger partial charge on any atom is -0.233 e. The first kappa shape index (κ1) is 14.1. The van der Waals surface area contributed by atoms with Crippen LogP contribution in [0.4, 0.5) is 0 Å². The summed E-state index contributed by atoms with van der Waals surface area (Å²) in [6.07, 6.45) is 0. The lowest BCUT2D eigenvalue weighted by Gasteiger charge is -2.10. The zero-order valence-electron chi connectivity index (χ0n) is 13.9. The standard InChI is InChI=1S/C23H16N2/c1-15-24-22-9-5-4-8-20(22)23(25-15)18-13-12-17-11-10-16-6-2-3-7-19(16)21(17)14-18/h2-14H,1H3. The highest BCUT2D eigenvalue weighted by atomic mass is 14.9. The van der Waals surface area contributed by atoms with Crippen molar-refractivity contribution in [1.29, 1.82) is 0 Å². The SMILES string of the molecule is Cc1nc(-c2ccc3ccc4ccccc4c3c2)c2ccccc2n1. The van der Waals surface area contributed by atoms with Gasteiger partial charge in [0.1, 0.15) is 5.82 Å². The van der Waals surface area contributed by atoms with Gasteiger partial charge in [-0.25, -0.2) is 9.97 Å². The van der Waals surface area contributed by atoms with E-state index < -0.39 is 0 Å². The van der Waals surface area contributed by atoms with Gasteiger partial charge < -0.3 is 0 Å². The molecule has 4 aromatic carbocycles. The molecule has 1 aromatic heterocycles. The van der Waals surface area contributed by atoms with Gasteiger partial charge in [0.15, 0.2) is 0 Å². The summed E-state index contributed by atoms with van der Waals surface area (Å²) in [5.74, 6) is 0.798. The van der Waals surface area contributed by atoms with Crippen LogP contribution in [0.3, 0.4) is 0 Å². The zero-order chi connectivity index (χ0) is 16.8. The number of nitrogens with zero attached hydrogens (tertiary/aromatic N) is 2. The van der Waals surface area contributed by atoms with Gasteiger partial charge in [-0.05, 0) is 40.6 Å². The fraction of sp³-hybridized carbons (Fsp3) is 0.0435. The van der Waals surface area contributed by atoms with Crippen molar-refractivity contribution >= 4 is 32.4 Å². The summed E-state index contributed by atoms with van der Waals surface area (Å²) >= 11 is 0. The van der Waals surface area contributed by atoms with Crippen LogP contribution in [-0.2, 0) is 0 Å². The van der Waals surface area contributed by atoms with Crippen LogP contribution in [0, 0.1) is 6.92 Å². The second-order valence-electron chi connectivity index (χ2n) is 6.36. The number of fused-ring (bicyclic) bond motifs is 4. The summed E-state index contributed by atoms with van der Waals surface area (Å²) in [6.45, 7) is 1.95. The molecule has 0 radical (unpaired) electrons. The molecule has 0 N–H and O–H groups in total. The second kappa shape index (κ2) is 5.38. The Morgan fingerprint density at radius 1 is 0.600 bits per heavy atom. The first-order valence-corrected chi connectivity index (χ1v) is 8.45. The Morgan fingerprint density at radius 3 is 2.16 bits per heavy atom. The normalized spacial score (nSPS) is 11.4. The Labute approximate surface area is 145 Å². The van der Waals surface area contributed by atoms with Crippen molar-refractivity contribution in [2.45, 2.75) is 6.92 Å². The summed E-state index contributed by atoms with van der Waals surface area (Å²) in [6, 6.07) is 27.7. The van der Waals surface area contributed by atoms with Gasteiger partial charge in [-0.15, -0.1) is 0 Å². The fourth-order valence-electron chi connectivity index (χ4n) is 3.56. The average molecular weight is 320 g/mol. The Kier molecular flexibility index (Phi) is 3.04. The van der Waals surface area contributed by atoms with E-state index in [9.17, 15) is 0 Å². The van der Waals surface area contributed by atoms with Crippen molar-refractivity contribution in [1.82, 2.24) is 9.97 Å². The average Bonchev–Trinajstić information content (AvgIpc) is 2.67. The molecule has 0 aliphatic rings. The van der Waals surface area contributed by atoms with Crippen LogP contribution in [0.15, 0.2) is 78.9 Å². The molecule has 5 rings (SSSR count). The minimum atomic E-state index is 0.798. The van der Waals surface area contributed by atoms with Gasteiger partial charge in [0.25, 0.3) is 0 Å². The number of benzene rings is 4. The third-order valence-corrected chi connectivity index (χ3v) is 4.74. The lowest BCUT2D eigenvalue weighted by Crippen LogP contribution is -1.94. The highest BCUT2D eigenvalue weighted by molar-refractivity contribution is 6.09. The monoisotopic (exact) mass is 320 g/mol. The van der Waals surface area contributed by atoms with Crippen molar-refractivity contribution in [2.24, 2.45) is 0 Å². The van der Waals surface area contributed by atoms with E-state index in [0.717, 1.165) is 28.0 Å². The predicted octanol–water partition coefficient (Wildman–Crippen LogP) is 5.91. The Bertz CT molecular complexity index is 1260. The number of rotatable bonds is 1. The Hall–Kier alpha value is -3.26. The first-order chi connectivity index (χ1) is 12.3. The fourth-order valence-corrected chi connectivity index (χ4v) is 3.56. The van der Waals surface area contributed by atoms with Gasteiger partial charge in [0.2, 0.25) is 0 Å². The van der Waals surface area contributed by atoms with Crippen molar-refractivity contribution in [3.63, 3.8) is 0 Å². The van der Waals surface area contributed by atoms with E-state index in [4.69, 9.17) is 4.98 Å². The van der Waals surface area contributed by atoms with Gasteiger partial charge in [-0.1, -0.05) is 66.7 Å². The summed E-state index contributed by atoms with van der Waals surface area (Å²) in [4.78, 5) is 9.31. The third kappa shape index (κ3) is 2.26. The van der Waals surface area contributed by atoms with Crippen molar-refractivity contribution in [2.75, 3.05) is 0 Å². The zero-order valence-corrected chi connectivity index (χ0v) is 13.9. The molecule has 0 saturated heterocycles. The molecule has 118 valence electrons. The maximum atomic E-state index is 4.75. The Balaban J connectivity index is 1.86. The molecule has 0 spiro atoms. The highest BCUT2D eigenvalue weighted by Crippen LogP contribution is 2.32. The lowest BCUT2D eigenvalue weighted by atomic mass is 9.98. The molecule has 0 amide bonds. The van der Waals surface area contributed by atoms with Crippen LogP contribution in [0.5, 0.6) is 0 Å². The molecule has 0 atom stereocenters. The van der Waals surface area contributed by atoms with E-state index in [1.54, 1.807) is 0 Å². The predicted molar refractivity (Wildman–Crippen MR) is 105 cm³/mol. The van der Waals surface area contributed by atoms with E-state index in [1.807, 2.05) is 25.1 Å². The molecule has 2 nitrogen and oxygen atoms in total. The van der Waals surface area contributed by atoms with Gasteiger partial charge in [0, 0.05) is 10.9 Å². The maximum absolute atomic E-state index is 4.75. The van der Waals surface area contributed by atoms with Crippen molar-refractivity contribution in [3.8, 4) is 11.3 Å². The molecular weight excluding hydrogens is 304 g/mol. The molecule has 5 aromatic rings. The van der Waals surface area contributed by atoms with E-state index in [-0.39, 0.29) is 0 Å². The van der Waals surface area contributed by atoms with Gasteiger partial charge in [0.05, 0.1) is 11.2 Å². The Morgan fingerprint density at radius 2 is 1.28 bits per heavy atom. The summed E-state index contributed by atoms with van der Waals surface area (Å²) in [5.41, 5.74) is 3.12. The van der Waals surface area contributed by atoms with Crippen molar-refractivity contribution < 1.29 is 0 Å². The second-order valence-corrected chi connectivity index (χ2v) is 6.36. The number of aryl methyl sites for hydroxylation is 1. The molecule has 0 aliphatic heterocycles. The maximum Gasteiger partial charge on any atom is 0.126 e. The van der Waals surface area contributed by atoms with Crippen LogP contribution in [0.25, 0.3) is 43.7 Å². The number of aromatic nitrogens is 2. The largest absolute Gasteiger partial charge is 0.233 e. The molecule has 0 aliphatic carbocycles. The van der Waals surface area contributed by atoms with Crippen LogP contribution < -0.4 is 0 Å². The smallest absolute Gasteiger partial charge is 0.126 e. The highest BCUT2D eigenvalue weighted by Gasteiger charge is 2.09. The summed E-state index contributed by atoms with van der Waals surface area (Å²) in [7, 11) is 0. The minimum absolute atomic E-state index is 0.798. The lowest BCUT2D eigenvalue weighted by molar-refractivity contribution is 1.10. The van der Waals surface area contributed by atoms with Gasteiger partial charge >= 0.3 is 0 Å². The molecule has 0 bridgehead atoms. The molecule has 25 heavy (non-hydrogen) atoms. The van der Waals surface area contributed by atoms with Crippen LogP contribution in [-0.4, -0.2) is 9.97 Å². The molecule has 2 heteroatoms. The number of hydrogen-bond donors (Lipinski definition) is 0. The molecule has 1 heterocycles. The first-order valence-electron chi connectivity index (χ1n) is 8.45. The van der Waals surface area contributed by atoms with E-state index in [2.05, 4.69) is 65.6 Å². The molecule has 0 saturated carbocycles. The van der Waals surface area contributed by atoms with Crippen molar-refractivity contribution in [3.05, 3.63) is 84.7 Å². The van der Waals surface area contributed by atoms with E-state index in [0.29, 0.717) is 0 Å². The quantitative estimate of drug-likeness (QED) is 0.359. The molecule has 0 unspecified atom stereocenters. The van der Waals surface area contributed by atoms with Crippen LogP contribution in [0.1, 0.15) is 5.82 Å². The van der Waals surface area contributed by atoms with E-state index in [1.165, 1.54) is 21.5 Å². The number of para-hydroxylation sites is 1. The van der Waals surface area contributed by atoms with Gasteiger partial charge in [-0.3, -0.25) is 0 Å². The molecule has 0 fully saturated rings. The topological polar surface area (TPSA) is 25.8 Å². The van der Waals surface area contributed by atoms with Gasteiger partial charge in [-0.2, -0.15) is 0 Å². The van der Waals surface area contributed by atoms with Crippen LogP contribution in [0.2, 0.25) is 0 Å². The number of hydrogen-bond acceptors (Lipinski definition) is 2. The van der Waals surface area contributed by atoms with E-state index >= 15 is 0 Å². The molecular formula is C23H16N2. The third-order valence-electron chi connectivity index (χ3n) is 4.74. The summed E-state index contributed by atoms with van der Waals surface area (Å²) in [5, 5.41) is 6.13. The van der Waals surface area contributed by atoms with Crippen LogP contribution >= 0.6 is 0 Å².